The first-order valence-corrected chi connectivity index (χ1v) is 5.51. The Morgan fingerprint density at radius 2 is 2.17 bits per heavy atom. The van der Waals surface area contributed by atoms with Gasteiger partial charge in [-0.05, 0) is 31.2 Å². The third kappa shape index (κ3) is 2.82. The largest absolute Gasteiger partial charge is 0.478 e. The highest BCUT2D eigenvalue weighted by atomic mass is 16.4. The second kappa shape index (κ2) is 5.27. The van der Waals surface area contributed by atoms with E-state index in [-0.39, 0.29) is 5.56 Å². The first-order valence-electron chi connectivity index (χ1n) is 5.51. The molecule has 0 aliphatic carbocycles. The summed E-state index contributed by atoms with van der Waals surface area (Å²) in [7, 11) is 0. The van der Waals surface area contributed by atoms with Crippen molar-refractivity contribution < 1.29 is 9.90 Å². The molecule has 18 heavy (non-hydrogen) atoms. The van der Waals surface area contributed by atoms with Crippen molar-refractivity contribution >= 4 is 11.8 Å². The van der Waals surface area contributed by atoms with Crippen molar-refractivity contribution in [1.29, 1.82) is 0 Å². The SMILES string of the molecule is Cc1ccc(C(=O)O)c(NCc2ccccn2)n1. The molecule has 0 saturated heterocycles. The van der Waals surface area contributed by atoms with Crippen LogP contribution < -0.4 is 5.32 Å². The molecule has 92 valence electrons. The molecule has 2 aromatic heterocycles. The maximum absolute atomic E-state index is 11.0. The number of nitrogens with zero attached hydrogens (tertiary/aromatic N) is 2. The van der Waals surface area contributed by atoms with Crippen LogP contribution in [0.5, 0.6) is 0 Å². The predicted molar refractivity (Wildman–Crippen MR) is 67.5 cm³/mol. The molecule has 2 rings (SSSR count). The van der Waals surface area contributed by atoms with Gasteiger partial charge in [0.2, 0.25) is 0 Å². The van der Waals surface area contributed by atoms with E-state index in [1.807, 2.05) is 25.1 Å². The number of aromatic nitrogens is 2. The van der Waals surface area contributed by atoms with Gasteiger partial charge in [-0.15, -0.1) is 0 Å². The van der Waals surface area contributed by atoms with Gasteiger partial charge in [-0.2, -0.15) is 0 Å². The molecule has 0 bridgehead atoms. The Morgan fingerprint density at radius 3 is 2.83 bits per heavy atom. The number of aryl methyl sites for hydroxylation is 1. The number of rotatable bonds is 4. The fourth-order valence-corrected chi connectivity index (χ4v) is 1.54. The van der Waals surface area contributed by atoms with Gasteiger partial charge in [0, 0.05) is 11.9 Å². The first-order chi connectivity index (χ1) is 8.66. The molecule has 0 aromatic carbocycles. The number of anilines is 1. The van der Waals surface area contributed by atoms with Gasteiger partial charge < -0.3 is 10.4 Å². The lowest BCUT2D eigenvalue weighted by Gasteiger charge is -2.08. The Bertz CT molecular complexity index is 555. The van der Waals surface area contributed by atoms with Crippen LogP contribution in [0.2, 0.25) is 0 Å². The normalized spacial score (nSPS) is 10.1. The number of carbonyl (C=O) groups is 1. The molecular formula is C13H13N3O2. The van der Waals surface area contributed by atoms with E-state index in [1.165, 1.54) is 0 Å². The molecule has 2 aromatic rings. The van der Waals surface area contributed by atoms with Crippen LogP contribution in [0.25, 0.3) is 0 Å². The minimum Gasteiger partial charge on any atom is -0.478 e. The fraction of sp³-hybridized carbons (Fsp3) is 0.154. The molecule has 2 N–H and O–H groups in total. The summed E-state index contributed by atoms with van der Waals surface area (Å²) < 4.78 is 0. The van der Waals surface area contributed by atoms with Crippen LogP contribution in [0.1, 0.15) is 21.7 Å². The lowest BCUT2D eigenvalue weighted by Crippen LogP contribution is -2.09. The van der Waals surface area contributed by atoms with Crippen LogP contribution >= 0.6 is 0 Å². The van der Waals surface area contributed by atoms with Crippen LogP contribution in [0.4, 0.5) is 5.82 Å². The minimum absolute atomic E-state index is 0.163. The summed E-state index contributed by atoms with van der Waals surface area (Å²) >= 11 is 0. The summed E-state index contributed by atoms with van der Waals surface area (Å²) in [6.45, 7) is 2.26. The maximum atomic E-state index is 11.0. The van der Waals surface area contributed by atoms with Gasteiger partial charge in [0.15, 0.2) is 0 Å². The molecule has 0 spiro atoms. The van der Waals surface area contributed by atoms with Crippen LogP contribution in [0.3, 0.4) is 0 Å². The molecule has 0 atom stereocenters. The summed E-state index contributed by atoms with van der Waals surface area (Å²) in [6, 6.07) is 8.80. The van der Waals surface area contributed by atoms with E-state index in [0.29, 0.717) is 12.4 Å². The monoisotopic (exact) mass is 243 g/mol. The summed E-state index contributed by atoms with van der Waals surface area (Å²) in [5.41, 5.74) is 1.76. The Morgan fingerprint density at radius 1 is 1.33 bits per heavy atom. The van der Waals surface area contributed by atoms with Gasteiger partial charge in [-0.3, -0.25) is 4.98 Å². The van der Waals surface area contributed by atoms with E-state index in [4.69, 9.17) is 5.11 Å². The number of aromatic carboxylic acids is 1. The molecule has 0 aliphatic rings. The Labute approximate surface area is 105 Å². The van der Waals surface area contributed by atoms with Crippen molar-refractivity contribution in [2.45, 2.75) is 13.5 Å². The van der Waals surface area contributed by atoms with Crippen LogP contribution in [-0.2, 0) is 6.54 Å². The van der Waals surface area contributed by atoms with E-state index in [1.54, 1.807) is 18.3 Å². The van der Waals surface area contributed by atoms with Crippen molar-refractivity contribution in [3.8, 4) is 0 Å². The summed E-state index contributed by atoms with van der Waals surface area (Å²) in [5.74, 6) is -0.626. The summed E-state index contributed by atoms with van der Waals surface area (Å²) in [4.78, 5) is 19.4. The zero-order valence-electron chi connectivity index (χ0n) is 9.92. The molecule has 2 heterocycles. The zero-order chi connectivity index (χ0) is 13.0. The van der Waals surface area contributed by atoms with E-state index in [2.05, 4.69) is 15.3 Å². The molecular weight excluding hydrogens is 230 g/mol. The molecule has 0 unspecified atom stereocenters. The second-order valence-electron chi connectivity index (χ2n) is 3.83. The second-order valence-corrected chi connectivity index (χ2v) is 3.83. The number of hydrogen-bond acceptors (Lipinski definition) is 4. The van der Waals surface area contributed by atoms with Gasteiger partial charge in [0.1, 0.15) is 11.4 Å². The number of carboxylic acids is 1. The number of nitrogens with one attached hydrogen (secondary N) is 1. The number of pyridine rings is 2. The zero-order valence-corrected chi connectivity index (χ0v) is 9.92. The Kier molecular flexibility index (Phi) is 3.52. The Balaban J connectivity index is 2.18. The van der Waals surface area contributed by atoms with E-state index >= 15 is 0 Å². The fourth-order valence-electron chi connectivity index (χ4n) is 1.54. The smallest absolute Gasteiger partial charge is 0.339 e. The van der Waals surface area contributed by atoms with Crippen molar-refractivity contribution in [2.75, 3.05) is 5.32 Å². The Hall–Kier alpha value is -2.43. The van der Waals surface area contributed by atoms with Crippen molar-refractivity contribution in [3.05, 3.63) is 53.5 Å². The van der Waals surface area contributed by atoms with Crippen LogP contribution in [0.15, 0.2) is 36.5 Å². The highest BCUT2D eigenvalue weighted by Crippen LogP contribution is 2.14. The third-order valence-corrected chi connectivity index (χ3v) is 2.43. The molecule has 0 fully saturated rings. The molecule has 5 nitrogen and oxygen atoms in total. The van der Waals surface area contributed by atoms with Crippen molar-refractivity contribution in [2.24, 2.45) is 0 Å². The standard InChI is InChI=1S/C13H13N3O2/c1-9-5-6-11(13(17)18)12(16-9)15-8-10-4-2-3-7-14-10/h2-7H,8H2,1H3,(H,15,16)(H,17,18). The van der Waals surface area contributed by atoms with E-state index in [9.17, 15) is 4.79 Å². The summed E-state index contributed by atoms with van der Waals surface area (Å²) in [5, 5.41) is 12.1. The number of carboxylic acid groups (broad SMARTS) is 1. The summed E-state index contributed by atoms with van der Waals surface area (Å²) in [6.07, 6.45) is 1.69. The molecule has 5 heteroatoms. The van der Waals surface area contributed by atoms with Crippen LogP contribution in [-0.4, -0.2) is 21.0 Å². The molecule has 0 saturated carbocycles. The molecule has 0 amide bonds. The minimum atomic E-state index is -0.994. The third-order valence-electron chi connectivity index (χ3n) is 2.43. The van der Waals surface area contributed by atoms with Gasteiger partial charge in [0.25, 0.3) is 0 Å². The predicted octanol–water partition coefficient (Wildman–Crippen LogP) is 2.10. The van der Waals surface area contributed by atoms with Gasteiger partial charge in [-0.25, -0.2) is 9.78 Å². The van der Waals surface area contributed by atoms with E-state index < -0.39 is 5.97 Å². The highest BCUT2D eigenvalue weighted by molar-refractivity contribution is 5.93. The average molecular weight is 243 g/mol. The average Bonchev–Trinajstić information content (AvgIpc) is 2.37. The highest BCUT2D eigenvalue weighted by Gasteiger charge is 2.11. The van der Waals surface area contributed by atoms with E-state index in [0.717, 1.165) is 11.4 Å². The lowest BCUT2D eigenvalue weighted by atomic mass is 10.2. The lowest BCUT2D eigenvalue weighted by molar-refractivity contribution is 0.0697. The van der Waals surface area contributed by atoms with Crippen molar-refractivity contribution in [1.82, 2.24) is 9.97 Å². The van der Waals surface area contributed by atoms with Gasteiger partial charge in [-0.1, -0.05) is 6.07 Å². The topological polar surface area (TPSA) is 75.1 Å². The number of hydrogen-bond donors (Lipinski definition) is 2. The van der Waals surface area contributed by atoms with Crippen LogP contribution in [0, 0.1) is 6.92 Å². The first kappa shape index (κ1) is 12.0. The van der Waals surface area contributed by atoms with Crippen molar-refractivity contribution in [3.63, 3.8) is 0 Å². The van der Waals surface area contributed by atoms with Gasteiger partial charge in [0.05, 0.1) is 12.2 Å². The van der Waals surface area contributed by atoms with Gasteiger partial charge >= 0.3 is 5.97 Å². The quantitative estimate of drug-likeness (QED) is 0.860. The molecule has 0 radical (unpaired) electrons. The molecule has 0 aliphatic heterocycles. The maximum Gasteiger partial charge on any atom is 0.339 e.